The summed E-state index contributed by atoms with van der Waals surface area (Å²) in [6.07, 6.45) is 25.5. The predicted octanol–water partition coefficient (Wildman–Crippen LogP) is 6.81. The van der Waals surface area contributed by atoms with E-state index in [9.17, 15) is 0 Å². The summed E-state index contributed by atoms with van der Waals surface area (Å²) in [4.78, 5) is 0. The molecule has 22 heavy (non-hydrogen) atoms. The highest BCUT2D eigenvalue weighted by Crippen LogP contribution is 2.14. The molecule has 0 aliphatic heterocycles. The van der Waals surface area contributed by atoms with E-state index < -0.39 is 0 Å². The molecule has 0 radical (unpaired) electrons. The lowest BCUT2D eigenvalue weighted by Crippen LogP contribution is -2.06. The lowest BCUT2D eigenvalue weighted by atomic mass is 10.0. The maximum Gasteiger partial charge on any atom is -0.00519 e. The maximum absolute atomic E-state index is 3.22. The predicted molar refractivity (Wildman–Crippen MR) is 106 cm³/mol. The van der Waals surface area contributed by atoms with Gasteiger partial charge in [-0.15, -0.1) is 0 Å². The van der Waals surface area contributed by atoms with Crippen LogP contribution in [0.5, 0.6) is 0 Å². The molecule has 1 nitrogen and oxygen atoms in total. The molecule has 0 saturated carbocycles. The van der Waals surface area contributed by atoms with Gasteiger partial charge >= 0.3 is 0 Å². The standard InChI is InChI=1S/C20H43NS/c1-21-19-17-15-13-11-9-7-5-3-4-6-8-10-12-14-16-18-20-22-2/h21H,3-20H2,1-2H3. The van der Waals surface area contributed by atoms with E-state index in [1.807, 2.05) is 18.8 Å². The van der Waals surface area contributed by atoms with E-state index in [1.165, 1.54) is 115 Å². The molecule has 0 aliphatic carbocycles. The number of thioether (sulfide) groups is 1. The molecule has 0 amide bonds. The van der Waals surface area contributed by atoms with Crippen LogP contribution in [0, 0.1) is 0 Å². The Balaban J connectivity index is 2.91. The first-order chi connectivity index (χ1) is 10.9. The zero-order valence-corrected chi connectivity index (χ0v) is 16.5. The van der Waals surface area contributed by atoms with Gasteiger partial charge in [0.05, 0.1) is 0 Å². The van der Waals surface area contributed by atoms with Crippen molar-refractivity contribution >= 4 is 11.8 Å². The van der Waals surface area contributed by atoms with Crippen molar-refractivity contribution in [2.24, 2.45) is 0 Å². The fraction of sp³-hybridized carbons (Fsp3) is 1.00. The Morgan fingerprint density at radius 1 is 0.500 bits per heavy atom. The van der Waals surface area contributed by atoms with E-state index in [0.29, 0.717) is 0 Å². The van der Waals surface area contributed by atoms with E-state index in [-0.39, 0.29) is 0 Å². The minimum absolute atomic E-state index is 1.19. The van der Waals surface area contributed by atoms with E-state index in [2.05, 4.69) is 11.6 Å². The summed E-state index contributed by atoms with van der Waals surface area (Å²) in [7, 11) is 2.05. The van der Waals surface area contributed by atoms with Gasteiger partial charge in [-0.1, -0.05) is 89.9 Å². The average molecular weight is 330 g/mol. The minimum Gasteiger partial charge on any atom is -0.320 e. The second-order valence-electron chi connectivity index (χ2n) is 6.75. The molecule has 0 aliphatic rings. The van der Waals surface area contributed by atoms with Crippen LogP contribution in [-0.2, 0) is 0 Å². The lowest BCUT2D eigenvalue weighted by molar-refractivity contribution is 0.528. The summed E-state index contributed by atoms with van der Waals surface area (Å²) in [5.74, 6) is 1.36. The fourth-order valence-corrected chi connectivity index (χ4v) is 3.52. The van der Waals surface area contributed by atoms with Crippen molar-refractivity contribution in [3.63, 3.8) is 0 Å². The third-order valence-electron chi connectivity index (χ3n) is 4.53. The van der Waals surface area contributed by atoms with E-state index in [4.69, 9.17) is 0 Å². The van der Waals surface area contributed by atoms with E-state index in [1.54, 1.807) is 0 Å². The van der Waals surface area contributed by atoms with Crippen LogP contribution in [0.2, 0.25) is 0 Å². The SMILES string of the molecule is CNCCCCCCCCCCCCCCCCCCSC. The Morgan fingerprint density at radius 2 is 0.818 bits per heavy atom. The Kier molecular flexibility index (Phi) is 21.6. The zero-order valence-electron chi connectivity index (χ0n) is 15.6. The van der Waals surface area contributed by atoms with Crippen molar-refractivity contribution in [3.8, 4) is 0 Å². The summed E-state index contributed by atoms with van der Waals surface area (Å²) in [6, 6.07) is 0. The van der Waals surface area contributed by atoms with Crippen LogP contribution >= 0.6 is 11.8 Å². The van der Waals surface area contributed by atoms with E-state index >= 15 is 0 Å². The molecule has 0 unspecified atom stereocenters. The van der Waals surface area contributed by atoms with Gasteiger partial charge in [-0.3, -0.25) is 0 Å². The Hall–Kier alpha value is 0.310. The number of nitrogens with one attached hydrogen (secondary N) is 1. The largest absolute Gasteiger partial charge is 0.320 e. The van der Waals surface area contributed by atoms with Gasteiger partial charge in [0.25, 0.3) is 0 Å². The molecule has 0 aromatic heterocycles. The zero-order chi connectivity index (χ0) is 16.1. The van der Waals surface area contributed by atoms with Crippen LogP contribution in [0.3, 0.4) is 0 Å². The van der Waals surface area contributed by atoms with Gasteiger partial charge in [0.2, 0.25) is 0 Å². The quantitative estimate of drug-likeness (QED) is 0.261. The van der Waals surface area contributed by atoms with Gasteiger partial charge in [0.15, 0.2) is 0 Å². The molecule has 0 spiro atoms. The van der Waals surface area contributed by atoms with Crippen LogP contribution < -0.4 is 5.32 Å². The van der Waals surface area contributed by atoms with Gasteiger partial charge < -0.3 is 5.32 Å². The maximum atomic E-state index is 3.22. The van der Waals surface area contributed by atoms with E-state index in [0.717, 1.165) is 0 Å². The normalized spacial score (nSPS) is 11.2. The van der Waals surface area contributed by atoms with Gasteiger partial charge in [-0.05, 0) is 38.4 Å². The lowest BCUT2D eigenvalue weighted by Gasteiger charge is -2.03. The first-order valence-corrected chi connectivity index (χ1v) is 11.4. The first kappa shape index (κ1) is 22.3. The third kappa shape index (κ3) is 20.3. The van der Waals surface area contributed by atoms with Gasteiger partial charge in [0, 0.05) is 0 Å². The molecular formula is C20H43NS. The van der Waals surface area contributed by atoms with Crippen LogP contribution in [0.1, 0.15) is 103 Å². The average Bonchev–Trinajstić information content (AvgIpc) is 2.54. The summed E-state index contributed by atoms with van der Waals surface area (Å²) >= 11 is 1.99. The van der Waals surface area contributed by atoms with Crippen LogP contribution in [0.25, 0.3) is 0 Å². The molecule has 0 atom stereocenters. The summed E-state index contributed by atoms with van der Waals surface area (Å²) in [5.41, 5.74) is 0. The molecule has 0 saturated heterocycles. The highest BCUT2D eigenvalue weighted by atomic mass is 32.2. The van der Waals surface area contributed by atoms with Crippen LogP contribution in [-0.4, -0.2) is 25.6 Å². The molecule has 0 rings (SSSR count). The second-order valence-corrected chi connectivity index (χ2v) is 7.74. The first-order valence-electron chi connectivity index (χ1n) is 10.1. The molecule has 0 bridgehead atoms. The molecule has 0 heterocycles. The topological polar surface area (TPSA) is 12.0 Å². The van der Waals surface area contributed by atoms with Gasteiger partial charge in [0.1, 0.15) is 0 Å². The summed E-state index contributed by atoms with van der Waals surface area (Å²) in [6.45, 7) is 1.19. The smallest absolute Gasteiger partial charge is 0.00519 e. The van der Waals surface area contributed by atoms with Crippen molar-refractivity contribution in [3.05, 3.63) is 0 Å². The second kappa shape index (κ2) is 21.3. The summed E-state index contributed by atoms with van der Waals surface area (Å²) in [5, 5.41) is 3.22. The molecule has 1 N–H and O–H groups in total. The number of hydrogen-bond donors (Lipinski definition) is 1. The Bertz CT molecular complexity index is 165. The highest BCUT2D eigenvalue weighted by Gasteiger charge is 1.94. The molecular weight excluding hydrogens is 286 g/mol. The van der Waals surface area contributed by atoms with Crippen molar-refractivity contribution in [1.29, 1.82) is 0 Å². The molecule has 0 aromatic carbocycles. The molecule has 2 heteroatoms. The van der Waals surface area contributed by atoms with Crippen molar-refractivity contribution in [2.75, 3.05) is 25.6 Å². The van der Waals surface area contributed by atoms with Crippen LogP contribution in [0.4, 0.5) is 0 Å². The summed E-state index contributed by atoms with van der Waals surface area (Å²) < 4.78 is 0. The van der Waals surface area contributed by atoms with Gasteiger partial charge in [-0.25, -0.2) is 0 Å². The molecule has 0 aromatic rings. The van der Waals surface area contributed by atoms with Crippen molar-refractivity contribution in [2.45, 2.75) is 103 Å². The number of hydrogen-bond acceptors (Lipinski definition) is 2. The highest BCUT2D eigenvalue weighted by molar-refractivity contribution is 7.98. The molecule has 134 valence electrons. The number of unbranched alkanes of at least 4 members (excludes halogenated alkanes) is 15. The minimum atomic E-state index is 1.19. The fourth-order valence-electron chi connectivity index (χ4n) is 3.02. The van der Waals surface area contributed by atoms with Crippen LogP contribution in [0.15, 0.2) is 0 Å². The Morgan fingerprint density at radius 3 is 1.14 bits per heavy atom. The van der Waals surface area contributed by atoms with Crippen molar-refractivity contribution < 1.29 is 0 Å². The van der Waals surface area contributed by atoms with Gasteiger partial charge in [-0.2, -0.15) is 11.8 Å². The number of rotatable bonds is 19. The molecule has 0 fully saturated rings. The van der Waals surface area contributed by atoms with Crippen molar-refractivity contribution in [1.82, 2.24) is 5.32 Å². The monoisotopic (exact) mass is 329 g/mol. The Labute approximate surface area is 145 Å². The third-order valence-corrected chi connectivity index (χ3v) is 5.22.